The van der Waals surface area contributed by atoms with E-state index in [0.717, 1.165) is 0 Å². The Kier molecular flexibility index (Phi) is 4.65. The predicted molar refractivity (Wildman–Crippen MR) is 78.8 cm³/mol. The number of benzene rings is 1. The highest BCUT2D eigenvalue weighted by atomic mass is 19.1. The van der Waals surface area contributed by atoms with Gasteiger partial charge < -0.3 is 10.6 Å². The van der Waals surface area contributed by atoms with Crippen LogP contribution in [0.15, 0.2) is 36.4 Å². The van der Waals surface area contributed by atoms with Crippen LogP contribution in [0.4, 0.5) is 21.7 Å². The molecule has 2 aromatic rings. The van der Waals surface area contributed by atoms with Crippen LogP contribution >= 0.6 is 0 Å². The van der Waals surface area contributed by atoms with Crippen LogP contribution < -0.4 is 10.6 Å². The van der Waals surface area contributed by atoms with Crippen molar-refractivity contribution in [3.63, 3.8) is 0 Å². The Morgan fingerprint density at radius 2 is 1.90 bits per heavy atom. The van der Waals surface area contributed by atoms with E-state index in [1.165, 1.54) is 18.2 Å². The van der Waals surface area contributed by atoms with E-state index in [1.807, 2.05) is 6.92 Å². The zero-order chi connectivity index (χ0) is 15.2. The van der Waals surface area contributed by atoms with E-state index in [4.69, 9.17) is 0 Å². The van der Waals surface area contributed by atoms with Gasteiger partial charge in [0, 0.05) is 18.7 Å². The molecule has 0 aliphatic heterocycles. The zero-order valence-corrected chi connectivity index (χ0v) is 11.5. The number of hydrogen-bond donors (Lipinski definition) is 2. The second-order valence-electron chi connectivity index (χ2n) is 4.33. The lowest BCUT2D eigenvalue weighted by Crippen LogP contribution is -2.06. The minimum atomic E-state index is -0.489. The summed E-state index contributed by atoms with van der Waals surface area (Å²) in [6, 6.07) is 9.02. The molecule has 0 spiro atoms. The van der Waals surface area contributed by atoms with Gasteiger partial charge in [0.1, 0.15) is 17.5 Å². The van der Waals surface area contributed by atoms with E-state index < -0.39 is 4.92 Å². The first-order chi connectivity index (χ1) is 10.1. The molecule has 6 nitrogen and oxygen atoms in total. The second-order valence-corrected chi connectivity index (χ2v) is 4.33. The van der Waals surface area contributed by atoms with Gasteiger partial charge in [-0.25, -0.2) is 9.37 Å². The van der Waals surface area contributed by atoms with E-state index >= 15 is 0 Å². The zero-order valence-electron chi connectivity index (χ0n) is 11.5. The molecule has 0 aliphatic rings. The van der Waals surface area contributed by atoms with E-state index in [1.54, 1.807) is 18.2 Å². The smallest absolute Gasteiger partial charge is 0.276 e. The first-order valence-electron chi connectivity index (χ1n) is 6.47. The van der Waals surface area contributed by atoms with Crippen molar-refractivity contribution < 1.29 is 9.31 Å². The van der Waals surface area contributed by atoms with E-state index in [0.29, 0.717) is 23.7 Å². The fraction of sp³-hybridized carbons (Fsp3) is 0.214. The van der Waals surface area contributed by atoms with Gasteiger partial charge >= 0.3 is 0 Å². The highest BCUT2D eigenvalue weighted by molar-refractivity contribution is 5.54. The fourth-order valence-corrected chi connectivity index (χ4v) is 1.81. The van der Waals surface area contributed by atoms with Crippen molar-refractivity contribution >= 4 is 17.3 Å². The Morgan fingerprint density at radius 1 is 1.24 bits per heavy atom. The summed E-state index contributed by atoms with van der Waals surface area (Å²) in [5.41, 5.74) is 0.396. The number of aromatic nitrogens is 1. The van der Waals surface area contributed by atoms with E-state index in [-0.39, 0.29) is 18.0 Å². The van der Waals surface area contributed by atoms with Gasteiger partial charge in [-0.1, -0.05) is 18.2 Å². The number of rotatable bonds is 6. The molecule has 0 aliphatic carbocycles. The molecule has 0 saturated carbocycles. The van der Waals surface area contributed by atoms with Gasteiger partial charge in [-0.3, -0.25) is 10.1 Å². The third-order valence-corrected chi connectivity index (χ3v) is 2.80. The monoisotopic (exact) mass is 290 g/mol. The summed E-state index contributed by atoms with van der Waals surface area (Å²) in [5, 5.41) is 16.7. The van der Waals surface area contributed by atoms with Crippen LogP contribution in [0.25, 0.3) is 0 Å². The number of halogens is 1. The van der Waals surface area contributed by atoms with Crippen LogP contribution in [0.3, 0.4) is 0 Å². The average molecular weight is 290 g/mol. The van der Waals surface area contributed by atoms with Crippen molar-refractivity contribution in [2.75, 3.05) is 17.2 Å². The minimum Gasteiger partial charge on any atom is -0.370 e. The maximum Gasteiger partial charge on any atom is 0.276 e. The van der Waals surface area contributed by atoms with Gasteiger partial charge in [-0.2, -0.15) is 0 Å². The Hall–Kier alpha value is -2.70. The molecule has 110 valence electrons. The summed E-state index contributed by atoms with van der Waals surface area (Å²) in [5.74, 6) is 0.397. The lowest BCUT2D eigenvalue weighted by Gasteiger charge is -2.09. The first kappa shape index (κ1) is 14.7. The molecular formula is C14H15FN4O2. The largest absolute Gasteiger partial charge is 0.370 e. The molecule has 1 aromatic heterocycles. The molecule has 0 amide bonds. The number of nitro groups is 1. The van der Waals surface area contributed by atoms with Crippen LogP contribution in [0, 0.1) is 15.9 Å². The molecule has 1 heterocycles. The van der Waals surface area contributed by atoms with Gasteiger partial charge in [0.05, 0.1) is 17.1 Å². The van der Waals surface area contributed by atoms with Crippen molar-refractivity contribution in [1.82, 2.24) is 4.98 Å². The summed E-state index contributed by atoms with van der Waals surface area (Å²) < 4.78 is 13.5. The number of hydrogen-bond acceptors (Lipinski definition) is 5. The van der Waals surface area contributed by atoms with Crippen molar-refractivity contribution in [3.8, 4) is 0 Å². The van der Waals surface area contributed by atoms with Crippen LogP contribution in [0.1, 0.15) is 12.5 Å². The maximum absolute atomic E-state index is 13.5. The van der Waals surface area contributed by atoms with Gasteiger partial charge in [0.25, 0.3) is 5.69 Å². The minimum absolute atomic E-state index is 0.0722. The van der Waals surface area contributed by atoms with Crippen LogP contribution in [-0.4, -0.2) is 16.5 Å². The van der Waals surface area contributed by atoms with Crippen LogP contribution in [0.5, 0.6) is 0 Å². The highest BCUT2D eigenvalue weighted by Crippen LogP contribution is 2.21. The topological polar surface area (TPSA) is 80.1 Å². The Morgan fingerprint density at radius 3 is 2.52 bits per heavy atom. The quantitative estimate of drug-likeness (QED) is 0.631. The molecule has 2 rings (SSSR count). The van der Waals surface area contributed by atoms with Crippen molar-refractivity contribution in [1.29, 1.82) is 0 Å². The second kappa shape index (κ2) is 6.65. The third-order valence-electron chi connectivity index (χ3n) is 2.80. The number of anilines is 2. The number of nitrogens with zero attached hydrogens (tertiary/aromatic N) is 2. The average Bonchev–Trinajstić information content (AvgIpc) is 2.46. The Labute approximate surface area is 121 Å². The lowest BCUT2D eigenvalue weighted by molar-refractivity contribution is -0.384. The van der Waals surface area contributed by atoms with Crippen molar-refractivity contribution in [2.45, 2.75) is 13.5 Å². The van der Waals surface area contributed by atoms with Crippen LogP contribution in [0.2, 0.25) is 0 Å². The summed E-state index contributed by atoms with van der Waals surface area (Å²) in [7, 11) is 0. The fourth-order valence-electron chi connectivity index (χ4n) is 1.81. The molecule has 7 heteroatoms. The van der Waals surface area contributed by atoms with Gasteiger partial charge in [0.15, 0.2) is 0 Å². The lowest BCUT2D eigenvalue weighted by atomic mass is 10.2. The molecule has 2 N–H and O–H groups in total. The SMILES string of the molecule is CCNc1cc([N+](=O)[O-])cc(NCc2ccccc2F)n1. The molecule has 21 heavy (non-hydrogen) atoms. The Balaban J connectivity index is 2.19. The molecule has 0 saturated heterocycles. The summed E-state index contributed by atoms with van der Waals surface area (Å²) in [4.78, 5) is 14.6. The summed E-state index contributed by atoms with van der Waals surface area (Å²) in [6.45, 7) is 2.67. The molecule has 0 radical (unpaired) electrons. The standard InChI is InChI=1S/C14H15FN4O2/c1-2-16-13-7-11(19(20)21)8-14(18-13)17-9-10-5-3-4-6-12(10)15/h3-8H,2,9H2,1H3,(H2,16,17,18). The van der Waals surface area contributed by atoms with E-state index in [9.17, 15) is 14.5 Å². The molecule has 0 fully saturated rings. The first-order valence-corrected chi connectivity index (χ1v) is 6.47. The number of nitrogens with one attached hydrogen (secondary N) is 2. The molecular weight excluding hydrogens is 275 g/mol. The predicted octanol–water partition coefficient (Wildman–Crippen LogP) is 3.17. The molecule has 0 unspecified atom stereocenters. The van der Waals surface area contributed by atoms with Crippen LogP contribution in [-0.2, 0) is 6.54 Å². The maximum atomic E-state index is 13.5. The van der Waals surface area contributed by atoms with Crippen molar-refractivity contribution in [2.24, 2.45) is 0 Å². The molecule has 1 aromatic carbocycles. The summed E-state index contributed by atoms with van der Waals surface area (Å²) in [6.07, 6.45) is 0. The Bertz CT molecular complexity index is 649. The van der Waals surface area contributed by atoms with Gasteiger partial charge in [0.2, 0.25) is 0 Å². The van der Waals surface area contributed by atoms with E-state index in [2.05, 4.69) is 15.6 Å². The summed E-state index contributed by atoms with van der Waals surface area (Å²) >= 11 is 0. The molecule has 0 bridgehead atoms. The number of pyridine rings is 1. The van der Waals surface area contributed by atoms with Gasteiger partial charge in [-0.15, -0.1) is 0 Å². The van der Waals surface area contributed by atoms with Crippen molar-refractivity contribution in [3.05, 3.63) is 57.9 Å². The highest BCUT2D eigenvalue weighted by Gasteiger charge is 2.11. The van der Waals surface area contributed by atoms with Gasteiger partial charge in [-0.05, 0) is 13.0 Å². The third kappa shape index (κ3) is 3.88. The normalized spacial score (nSPS) is 10.2. The molecule has 0 atom stereocenters.